The van der Waals surface area contributed by atoms with Gasteiger partial charge in [0, 0.05) is 17.8 Å². The Balaban J connectivity index is 1.27. The molecule has 0 saturated carbocycles. The number of nitrogens with one attached hydrogen (secondary N) is 2. The number of hydrogen-bond donors (Lipinski definition) is 4. The van der Waals surface area contributed by atoms with Crippen LogP contribution in [0.25, 0.3) is 0 Å². The van der Waals surface area contributed by atoms with Crippen molar-refractivity contribution in [3.63, 3.8) is 0 Å². The van der Waals surface area contributed by atoms with Crippen molar-refractivity contribution in [2.24, 2.45) is 5.92 Å². The Bertz CT molecular complexity index is 2500. The molecule has 2 fully saturated rings. The van der Waals surface area contributed by atoms with Gasteiger partial charge in [-0.3, -0.25) is 19.3 Å². The van der Waals surface area contributed by atoms with E-state index in [0.717, 1.165) is 42.4 Å². The molecule has 5 aromatic carbocycles. The summed E-state index contributed by atoms with van der Waals surface area (Å²) >= 11 is 0. The van der Waals surface area contributed by atoms with Crippen LogP contribution in [0.2, 0.25) is 0 Å². The summed E-state index contributed by atoms with van der Waals surface area (Å²) in [7, 11) is 0. The van der Waals surface area contributed by atoms with Gasteiger partial charge in [-0.2, -0.15) is 0 Å². The fraction of sp³-hybridized carbons (Fsp3) is 0.275. The predicted molar refractivity (Wildman–Crippen MR) is 230 cm³/mol. The Labute approximate surface area is 355 Å². The number of carbonyl (C=O) groups is 3. The summed E-state index contributed by atoms with van der Waals surface area (Å²) in [6, 6.07) is 38.3. The Morgan fingerprint density at radius 3 is 2.25 bits per heavy atom. The average Bonchev–Trinajstić information content (AvgIpc) is 3.79. The molecule has 0 bridgehead atoms. The van der Waals surface area contributed by atoms with E-state index in [1.165, 1.54) is 0 Å². The zero-order chi connectivity index (χ0) is 41.9. The molecule has 1 aliphatic carbocycles. The second kappa shape index (κ2) is 17.2. The van der Waals surface area contributed by atoms with Gasteiger partial charge in [0.1, 0.15) is 29.9 Å². The van der Waals surface area contributed by atoms with Crippen LogP contribution in [0.5, 0.6) is 5.75 Å². The van der Waals surface area contributed by atoms with E-state index in [1.807, 2.05) is 114 Å². The first-order chi connectivity index (χ1) is 29.9. The molecular weight excluding hydrogens is 767 g/mol. The molecule has 308 valence electrons. The summed E-state index contributed by atoms with van der Waals surface area (Å²) < 4.78 is 12.3. The normalized spacial score (nSPS) is 24.6. The smallest absolute Gasteiger partial charge is 0.324 e. The molecule has 4 aliphatic rings. The minimum absolute atomic E-state index is 0.0924. The number of allylic oxidation sites excluding steroid dienone is 2. The predicted octanol–water partition coefficient (Wildman–Crippen LogP) is 7.03. The van der Waals surface area contributed by atoms with Gasteiger partial charge in [-0.25, -0.2) is 0 Å². The number of hydrogen-bond acceptors (Lipinski definition) is 8. The molecule has 0 aromatic heterocycles. The third-order valence-corrected chi connectivity index (χ3v) is 12.5. The second-order valence-corrected chi connectivity index (χ2v) is 16.0. The summed E-state index contributed by atoms with van der Waals surface area (Å²) in [5.74, 6) is 4.22. The lowest BCUT2D eigenvalue weighted by Gasteiger charge is -2.46. The van der Waals surface area contributed by atoms with E-state index < -0.39 is 59.5 Å². The molecule has 10 nitrogen and oxygen atoms in total. The maximum absolute atomic E-state index is 15.5. The fourth-order valence-electron chi connectivity index (χ4n) is 9.79. The van der Waals surface area contributed by atoms with Crippen molar-refractivity contribution in [2.75, 3.05) is 25.1 Å². The lowest BCUT2D eigenvalue weighted by atomic mass is 9.65. The Morgan fingerprint density at radius 2 is 1.56 bits per heavy atom. The summed E-state index contributed by atoms with van der Waals surface area (Å²) in [5.41, 5.74) is 3.95. The first-order valence-corrected chi connectivity index (χ1v) is 21.0. The molecule has 61 heavy (non-hydrogen) atoms. The number of amides is 2. The number of anilines is 1. The number of carbonyl (C=O) groups excluding carboxylic acids is 3. The summed E-state index contributed by atoms with van der Waals surface area (Å²) in [5, 5.41) is 26.9. The van der Waals surface area contributed by atoms with E-state index >= 15 is 14.4 Å². The van der Waals surface area contributed by atoms with E-state index in [4.69, 9.17) is 9.47 Å². The van der Waals surface area contributed by atoms with Crippen molar-refractivity contribution < 1.29 is 34.1 Å². The van der Waals surface area contributed by atoms with Crippen LogP contribution < -0.4 is 15.4 Å². The highest BCUT2D eigenvalue weighted by Crippen LogP contribution is 2.64. The molecular formula is C51H47N3O7. The molecule has 9 rings (SSSR count). The van der Waals surface area contributed by atoms with Crippen LogP contribution in [-0.2, 0) is 24.5 Å². The zero-order valence-corrected chi connectivity index (χ0v) is 33.6. The number of ether oxygens (including phenoxy) is 2. The molecule has 7 atom stereocenters. The van der Waals surface area contributed by atoms with Gasteiger partial charge in [-0.05, 0) is 89.4 Å². The average molecular weight is 814 g/mol. The maximum Gasteiger partial charge on any atom is 0.324 e. The van der Waals surface area contributed by atoms with Crippen LogP contribution in [0.15, 0.2) is 145 Å². The minimum Gasteiger partial charge on any atom is -0.491 e. The van der Waals surface area contributed by atoms with Crippen molar-refractivity contribution >= 4 is 23.5 Å². The van der Waals surface area contributed by atoms with E-state index in [1.54, 1.807) is 24.3 Å². The minimum atomic E-state index is -1.71. The number of aliphatic hydroxyl groups excluding tert-OH is 2. The van der Waals surface area contributed by atoms with Gasteiger partial charge in [0.15, 0.2) is 0 Å². The Morgan fingerprint density at radius 1 is 0.852 bits per heavy atom. The van der Waals surface area contributed by atoms with Crippen molar-refractivity contribution in [3.05, 3.63) is 178 Å². The van der Waals surface area contributed by atoms with E-state index in [9.17, 15) is 10.2 Å². The topological polar surface area (TPSA) is 137 Å². The molecule has 0 radical (unpaired) electrons. The molecule has 1 spiro atoms. The summed E-state index contributed by atoms with van der Waals surface area (Å²) in [4.78, 5) is 47.9. The van der Waals surface area contributed by atoms with E-state index in [2.05, 4.69) is 28.6 Å². The van der Waals surface area contributed by atoms with Crippen LogP contribution in [-0.4, -0.2) is 58.7 Å². The lowest BCUT2D eigenvalue weighted by molar-refractivity contribution is -0.178. The number of morpholine rings is 1. The highest BCUT2D eigenvalue weighted by molar-refractivity contribution is 6.12. The molecule has 10 heteroatoms. The van der Waals surface area contributed by atoms with E-state index in [-0.39, 0.29) is 19.8 Å². The first-order valence-electron chi connectivity index (χ1n) is 21.0. The zero-order valence-electron chi connectivity index (χ0n) is 33.6. The fourth-order valence-corrected chi connectivity index (χ4v) is 9.79. The van der Waals surface area contributed by atoms with Crippen molar-refractivity contribution in [3.8, 4) is 17.6 Å². The molecule has 4 N–H and O–H groups in total. The quantitative estimate of drug-likeness (QED) is 0.0872. The van der Waals surface area contributed by atoms with Gasteiger partial charge in [0.05, 0.1) is 30.7 Å². The number of fused-ring (bicyclic) bond motifs is 3. The van der Waals surface area contributed by atoms with Gasteiger partial charge in [-0.15, -0.1) is 0 Å². The van der Waals surface area contributed by atoms with E-state index in [0.29, 0.717) is 33.7 Å². The standard InChI is InChI=1S/C51H47N3O7/c55-29-30-60-39-26-24-38(25-27-39)47-51(40-31-34(23-28-41(40)53-50(51)59)22-21-33-13-5-1-6-14-33)43(48(57)52-32-42(56)35-15-7-2-8-16-35)45-49(58)61-46(37-19-11-4-12-20-37)44(54(45)47)36-17-9-3-10-18-36/h2-4,7-13,15-20,23-28,31,42-47,55-56H,1,5-6,14,29-30,32H2,(H,52,57)(H,53,59)/t42-,43-,44-,45-,46+,47+,51-/m0/s1. The Hall–Kier alpha value is -6.51. The van der Waals surface area contributed by atoms with Crippen LogP contribution in [0.3, 0.4) is 0 Å². The second-order valence-electron chi connectivity index (χ2n) is 16.0. The van der Waals surface area contributed by atoms with Gasteiger partial charge < -0.3 is 30.3 Å². The van der Waals surface area contributed by atoms with Crippen molar-refractivity contribution in [1.29, 1.82) is 0 Å². The summed E-state index contributed by atoms with van der Waals surface area (Å²) in [6.45, 7) is -0.238. The summed E-state index contributed by atoms with van der Waals surface area (Å²) in [6.07, 6.45) is 4.41. The lowest BCUT2D eigenvalue weighted by Crippen LogP contribution is -2.55. The van der Waals surface area contributed by atoms with Gasteiger partial charge in [0.25, 0.3) is 0 Å². The first kappa shape index (κ1) is 39.9. The highest BCUT2D eigenvalue weighted by Gasteiger charge is 2.74. The van der Waals surface area contributed by atoms with Gasteiger partial charge in [-0.1, -0.05) is 121 Å². The number of rotatable bonds is 10. The van der Waals surface area contributed by atoms with Crippen molar-refractivity contribution in [1.82, 2.24) is 10.2 Å². The van der Waals surface area contributed by atoms with Crippen molar-refractivity contribution in [2.45, 2.75) is 61.4 Å². The number of benzene rings is 5. The van der Waals surface area contributed by atoms with Crippen LogP contribution in [0.1, 0.15) is 83.4 Å². The third-order valence-electron chi connectivity index (χ3n) is 12.5. The molecule has 2 amide bonds. The largest absolute Gasteiger partial charge is 0.491 e. The number of nitrogens with zero attached hydrogens (tertiary/aromatic N) is 1. The number of aliphatic hydroxyl groups is 2. The van der Waals surface area contributed by atoms with Gasteiger partial charge in [0.2, 0.25) is 11.8 Å². The highest BCUT2D eigenvalue weighted by atomic mass is 16.6. The Kier molecular flexibility index (Phi) is 11.3. The molecule has 2 saturated heterocycles. The van der Waals surface area contributed by atoms with Crippen LogP contribution in [0.4, 0.5) is 5.69 Å². The molecule has 3 aliphatic heterocycles. The molecule has 3 heterocycles. The maximum atomic E-state index is 15.5. The molecule has 5 aromatic rings. The monoisotopic (exact) mass is 813 g/mol. The van der Waals surface area contributed by atoms with Gasteiger partial charge >= 0.3 is 5.97 Å². The molecule has 0 unspecified atom stereocenters. The van der Waals surface area contributed by atoms with Crippen LogP contribution >= 0.6 is 0 Å². The SMILES string of the molecule is O=C1O[C@H](c2ccccc2)[C@H](c2ccccc2)N2[C@H]1[C@@H](C(=O)NC[C@H](O)c1ccccc1)[C@]1(C(=O)Nc3ccc(C#CC4=CCCCC4)cc31)[C@H]2c1ccc(OCCO)cc1. The number of esters is 1. The van der Waals surface area contributed by atoms with Crippen LogP contribution in [0, 0.1) is 17.8 Å². The number of cyclic esters (lactones) is 1. The third kappa shape index (κ3) is 7.39.